The Labute approximate surface area is 114 Å². The first-order valence-corrected chi connectivity index (χ1v) is 7.22. The van der Waals surface area contributed by atoms with E-state index in [1.54, 1.807) is 0 Å². The van der Waals surface area contributed by atoms with E-state index in [2.05, 4.69) is 36.1 Å². The molecule has 3 nitrogen and oxygen atoms in total. The molecule has 0 bridgehead atoms. The van der Waals surface area contributed by atoms with Gasteiger partial charge in [-0.25, -0.2) is 0 Å². The standard InChI is InChI=1S/C16H21NO2/c1-2-17-7-8-19-16(11-17)15(18)10-13-9-12-5-3-4-6-14(12)13/h3-6,13,16H,2,7-11H2,1H3. The fourth-order valence-electron chi connectivity index (χ4n) is 3.10. The highest BCUT2D eigenvalue weighted by Crippen LogP contribution is 2.37. The van der Waals surface area contributed by atoms with Gasteiger partial charge < -0.3 is 4.74 Å². The van der Waals surface area contributed by atoms with Crippen molar-refractivity contribution in [1.82, 2.24) is 4.90 Å². The molecule has 1 saturated heterocycles. The van der Waals surface area contributed by atoms with Gasteiger partial charge in [0.25, 0.3) is 0 Å². The molecule has 102 valence electrons. The first-order chi connectivity index (χ1) is 9.28. The first-order valence-electron chi connectivity index (χ1n) is 7.22. The number of benzene rings is 1. The van der Waals surface area contributed by atoms with Crippen LogP contribution in [-0.4, -0.2) is 43.0 Å². The van der Waals surface area contributed by atoms with Crippen molar-refractivity contribution in [2.45, 2.75) is 31.8 Å². The third kappa shape index (κ3) is 2.58. The summed E-state index contributed by atoms with van der Waals surface area (Å²) in [6.07, 6.45) is 1.48. The Morgan fingerprint density at radius 2 is 2.26 bits per heavy atom. The average molecular weight is 259 g/mol. The van der Waals surface area contributed by atoms with Crippen molar-refractivity contribution in [3.05, 3.63) is 35.4 Å². The zero-order valence-corrected chi connectivity index (χ0v) is 11.5. The van der Waals surface area contributed by atoms with E-state index in [9.17, 15) is 4.79 Å². The molecule has 1 heterocycles. The first kappa shape index (κ1) is 12.8. The Hall–Kier alpha value is -1.19. The highest BCUT2D eigenvalue weighted by atomic mass is 16.5. The van der Waals surface area contributed by atoms with Gasteiger partial charge in [-0.05, 0) is 30.0 Å². The van der Waals surface area contributed by atoms with Crippen LogP contribution in [-0.2, 0) is 16.0 Å². The second-order valence-corrected chi connectivity index (χ2v) is 5.52. The maximum absolute atomic E-state index is 12.3. The summed E-state index contributed by atoms with van der Waals surface area (Å²) in [4.78, 5) is 14.6. The number of ketones is 1. The molecule has 1 aliphatic heterocycles. The number of rotatable bonds is 4. The topological polar surface area (TPSA) is 29.5 Å². The molecule has 0 aromatic heterocycles. The van der Waals surface area contributed by atoms with Gasteiger partial charge in [-0.1, -0.05) is 31.2 Å². The third-order valence-electron chi connectivity index (χ3n) is 4.37. The van der Waals surface area contributed by atoms with E-state index >= 15 is 0 Å². The van der Waals surface area contributed by atoms with E-state index in [1.807, 2.05) is 0 Å². The Balaban J connectivity index is 1.58. The smallest absolute Gasteiger partial charge is 0.163 e. The van der Waals surface area contributed by atoms with Crippen LogP contribution in [0.2, 0.25) is 0 Å². The van der Waals surface area contributed by atoms with Crippen LogP contribution in [0.25, 0.3) is 0 Å². The predicted molar refractivity (Wildman–Crippen MR) is 74.4 cm³/mol. The van der Waals surface area contributed by atoms with Crippen LogP contribution in [0.4, 0.5) is 0 Å². The number of fused-ring (bicyclic) bond motifs is 1. The van der Waals surface area contributed by atoms with E-state index in [0.29, 0.717) is 18.9 Å². The minimum Gasteiger partial charge on any atom is -0.368 e. The number of nitrogens with zero attached hydrogens (tertiary/aromatic N) is 1. The minimum atomic E-state index is -0.207. The summed E-state index contributed by atoms with van der Waals surface area (Å²) >= 11 is 0. The molecule has 1 aromatic carbocycles. The van der Waals surface area contributed by atoms with Crippen LogP contribution in [0.1, 0.15) is 30.4 Å². The molecule has 1 fully saturated rings. The van der Waals surface area contributed by atoms with Gasteiger partial charge in [0.2, 0.25) is 0 Å². The van der Waals surface area contributed by atoms with Crippen LogP contribution < -0.4 is 0 Å². The maximum Gasteiger partial charge on any atom is 0.163 e. The van der Waals surface area contributed by atoms with Crippen LogP contribution in [0.5, 0.6) is 0 Å². The highest BCUT2D eigenvalue weighted by molar-refractivity contribution is 5.84. The summed E-state index contributed by atoms with van der Waals surface area (Å²) in [6, 6.07) is 8.44. The lowest BCUT2D eigenvalue weighted by molar-refractivity contribution is -0.136. The van der Waals surface area contributed by atoms with Crippen molar-refractivity contribution in [3.63, 3.8) is 0 Å². The number of Topliss-reactive ketones (excluding diaryl/α,β-unsaturated/α-hetero) is 1. The monoisotopic (exact) mass is 259 g/mol. The van der Waals surface area contributed by atoms with E-state index in [1.165, 1.54) is 11.1 Å². The summed E-state index contributed by atoms with van der Waals surface area (Å²) < 4.78 is 5.64. The Kier molecular flexibility index (Phi) is 3.67. The zero-order chi connectivity index (χ0) is 13.2. The molecule has 1 aromatic rings. The molecule has 2 unspecified atom stereocenters. The van der Waals surface area contributed by atoms with Gasteiger partial charge in [-0.2, -0.15) is 0 Å². The largest absolute Gasteiger partial charge is 0.368 e. The van der Waals surface area contributed by atoms with Crippen molar-refractivity contribution in [3.8, 4) is 0 Å². The van der Waals surface area contributed by atoms with E-state index in [4.69, 9.17) is 4.74 Å². The van der Waals surface area contributed by atoms with Gasteiger partial charge in [0.15, 0.2) is 5.78 Å². The highest BCUT2D eigenvalue weighted by Gasteiger charge is 2.32. The number of hydrogen-bond acceptors (Lipinski definition) is 3. The second-order valence-electron chi connectivity index (χ2n) is 5.52. The molecule has 0 amide bonds. The van der Waals surface area contributed by atoms with Crippen LogP contribution in [0.15, 0.2) is 24.3 Å². The van der Waals surface area contributed by atoms with Crippen LogP contribution in [0, 0.1) is 0 Å². The normalized spacial score (nSPS) is 26.6. The van der Waals surface area contributed by atoms with Crippen LogP contribution >= 0.6 is 0 Å². The molecule has 2 aliphatic rings. The number of hydrogen-bond donors (Lipinski definition) is 0. The number of carbonyl (C=O) groups is 1. The van der Waals surface area contributed by atoms with Crippen molar-refractivity contribution < 1.29 is 9.53 Å². The molecule has 0 saturated carbocycles. The molecule has 3 heteroatoms. The molecule has 19 heavy (non-hydrogen) atoms. The third-order valence-corrected chi connectivity index (χ3v) is 4.37. The molecular weight excluding hydrogens is 238 g/mol. The van der Waals surface area contributed by atoms with Gasteiger partial charge >= 0.3 is 0 Å². The lowest BCUT2D eigenvalue weighted by Crippen LogP contribution is -2.46. The molecule has 0 radical (unpaired) electrons. The average Bonchev–Trinajstić information content (AvgIpc) is 2.44. The Morgan fingerprint density at radius 3 is 3.05 bits per heavy atom. The summed E-state index contributed by atoms with van der Waals surface area (Å²) in [7, 11) is 0. The maximum atomic E-state index is 12.3. The van der Waals surface area contributed by atoms with Crippen molar-refractivity contribution in [2.24, 2.45) is 0 Å². The van der Waals surface area contributed by atoms with E-state index < -0.39 is 0 Å². The molecule has 1 aliphatic carbocycles. The van der Waals surface area contributed by atoms with Crippen LogP contribution in [0.3, 0.4) is 0 Å². The van der Waals surface area contributed by atoms with Crippen molar-refractivity contribution in [1.29, 1.82) is 0 Å². The van der Waals surface area contributed by atoms with Gasteiger partial charge in [-0.3, -0.25) is 9.69 Å². The van der Waals surface area contributed by atoms with Crippen molar-refractivity contribution in [2.75, 3.05) is 26.2 Å². The van der Waals surface area contributed by atoms with E-state index in [-0.39, 0.29) is 11.9 Å². The molecule has 2 atom stereocenters. The van der Waals surface area contributed by atoms with E-state index in [0.717, 1.165) is 26.1 Å². The number of morpholine rings is 1. The van der Waals surface area contributed by atoms with Gasteiger partial charge in [0.05, 0.1) is 6.61 Å². The fourth-order valence-corrected chi connectivity index (χ4v) is 3.10. The van der Waals surface area contributed by atoms with Crippen molar-refractivity contribution >= 4 is 5.78 Å². The predicted octanol–water partition coefficient (Wildman–Crippen LogP) is 2.01. The Morgan fingerprint density at radius 1 is 1.42 bits per heavy atom. The summed E-state index contributed by atoms with van der Waals surface area (Å²) in [5.74, 6) is 0.696. The number of ether oxygens (including phenoxy) is 1. The molecule has 3 rings (SSSR count). The van der Waals surface area contributed by atoms with Gasteiger partial charge in [0, 0.05) is 19.5 Å². The lowest BCUT2D eigenvalue weighted by atomic mass is 9.74. The summed E-state index contributed by atoms with van der Waals surface area (Å²) in [6.45, 7) is 5.54. The second kappa shape index (κ2) is 5.43. The number of likely N-dealkylation sites (N-methyl/N-ethyl adjacent to an activating group) is 1. The molecular formula is C16H21NO2. The lowest BCUT2D eigenvalue weighted by Gasteiger charge is -2.34. The summed E-state index contributed by atoms with van der Waals surface area (Å²) in [5.41, 5.74) is 2.76. The summed E-state index contributed by atoms with van der Waals surface area (Å²) in [5, 5.41) is 0. The Bertz CT molecular complexity index is 472. The van der Waals surface area contributed by atoms with Gasteiger partial charge in [0.1, 0.15) is 6.10 Å². The fraction of sp³-hybridized carbons (Fsp3) is 0.562. The molecule has 0 N–H and O–H groups in total. The SMILES string of the molecule is CCN1CCOC(C(=O)CC2Cc3ccccc32)C1. The molecule has 0 spiro atoms. The van der Waals surface area contributed by atoms with Gasteiger partial charge in [-0.15, -0.1) is 0 Å². The minimum absolute atomic E-state index is 0.207. The zero-order valence-electron chi connectivity index (χ0n) is 11.5. The quantitative estimate of drug-likeness (QED) is 0.828. The number of carbonyl (C=O) groups excluding carboxylic acids is 1.